The number of carbonyl (C=O) groups is 1. The van der Waals surface area contributed by atoms with Crippen LogP contribution in [0.2, 0.25) is 0 Å². The number of aromatic amines is 1. The fourth-order valence-corrected chi connectivity index (χ4v) is 1.29. The van der Waals surface area contributed by atoms with Crippen LogP contribution in [0.3, 0.4) is 0 Å². The summed E-state index contributed by atoms with van der Waals surface area (Å²) in [6, 6.07) is 0. The third-order valence-corrected chi connectivity index (χ3v) is 2.60. The second-order valence-corrected chi connectivity index (χ2v) is 3.98. The fraction of sp³-hybridized carbons (Fsp3) is 0.200. The van der Waals surface area contributed by atoms with Crippen LogP contribution in [0, 0.1) is 0 Å². The summed E-state index contributed by atoms with van der Waals surface area (Å²) < 4.78 is 24.2. The van der Waals surface area contributed by atoms with Gasteiger partial charge in [-0.15, -0.1) is 0 Å². The van der Waals surface area contributed by atoms with E-state index in [0.29, 0.717) is 0 Å². The minimum Gasteiger partial charge on any atom is -0.364 e. The number of aromatic nitrogens is 2. The Morgan fingerprint density at radius 2 is 2.31 bits per heavy atom. The molecule has 0 radical (unpaired) electrons. The summed E-state index contributed by atoms with van der Waals surface area (Å²) in [6.07, 6.45) is 1.06. The van der Waals surface area contributed by atoms with E-state index < -0.39 is 15.9 Å². The highest BCUT2D eigenvalue weighted by Crippen LogP contribution is 2.02. The lowest BCUT2D eigenvalue weighted by molar-refractivity contribution is 0.0996. The molecule has 7 nitrogen and oxygen atoms in total. The van der Waals surface area contributed by atoms with E-state index in [2.05, 4.69) is 9.97 Å². The highest BCUT2D eigenvalue weighted by atomic mass is 32.2. The lowest BCUT2D eigenvalue weighted by Gasteiger charge is -1.95. The van der Waals surface area contributed by atoms with Crippen molar-refractivity contribution in [2.24, 2.45) is 5.73 Å². The lowest BCUT2D eigenvalue weighted by Crippen LogP contribution is -2.20. The molecule has 0 atom stereocenters. The zero-order valence-corrected chi connectivity index (χ0v) is 7.55. The number of hydrogen-bond donors (Lipinski definition) is 3. The Labute approximate surface area is 74.4 Å². The average Bonchev–Trinajstić information content (AvgIpc) is 2.52. The van der Waals surface area contributed by atoms with Crippen LogP contribution in [0.4, 0.5) is 0 Å². The van der Waals surface area contributed by atoms with Crippen LogP contribution in [-0.2, 0) is 10.0 Å². The van der Waals surface area contributed by atoms with Crippen LogP contribution in [0.15, 0.2) is 11.4 Å². The number of amides is 1. The van der Waals surface area contributed by atoms with Gasteiger partial charge >= 0.3 is 0 Å². The molecule has 0 aliphatic heterocycles. The van der Waals surface area contributed by atoms with Crippen molar-refractivity contribution in [3.05, 3.63) is 11.9 Å². The third-order valence-electron chi connectivity index (χ3n) is 1.34. The summed E-state index contributed by atoms with van der Waals surface area (Å²) in [7, 11) is -2.40. The standard InChI is InChI=1S/C5H8N4O3S/c1-7-13(11,12)5-8-2-3(9-5)4(6)10/h2,7H,1H3,(H2,6,10)(H,8,9). The molecule has 1 aromatic heterocycles. The lowest BCUT2D eigenvalue weighted by atomic mass is 10.5. The maximum absolute atomic E-state index is 11.1. The van der Waals surface area contributed by atoms with Gasteiger partial charge in [-0.1, -0.05) is 0 Å². The van der Waals surface area contributed by atoms with Gasteiger partial charge in [-0.2, -0.15) is 0 Å². The van der Waals surface area contributed by atoms with E-state index >= 15 is 0 Å². The van der Waals surface area contributed by atoms with Crippen molar-refractivity contribution in [2.45, 2.75) is 5.16 Å². The van der Waals surface area contributed by atoms with Crippen molar-refractivity contribution < 1.29 is 13.2 Å². The summed E-state index contributed by atoms with van der Waals surface area (Å²) >= 11 is 0. The summed E-state index contributed by atoms with van der Waals surface area (Å²) in [5.74, 6) is -0.759. The highest BCUT2D eigenvalue weighted by Gasteiger charge is 2.16. The zero-order chi connectivity index (χ0) is 10.1. The average molecular weight is 204 g/mol. The first-order valence-corrected chi connectivity index (χ1v) is 4.74. The van der Waals surface area contributed by atoms with Gasteiger partial charge in [0.1, 0.15) is 5.69 Å². The molecule has 0 fully saturated rings. The summed E-state index contributed by atoms with van der Waals surface area (Å²) in [5.41, 5.74) is 4.84. The van der Waals surface area contributed by atoms with E-state index in [1.54, 1.807) is 0 Å². The van der Waals surface area contributed by atoms with Gasteiger partial charge in [-0.25, -0.2) is 18.1 Å². The van der Waals surface area contributed by atoms with Crippen molar-refractivity contribution >= 4 is 15.9 Å². The number of imidazole rings is 1. The van der Waals surface area contributed by atoms with Crippen LogP contribution in [0.25, 0.3) is 0 Å². The van der Waals surface area contributed by atoms with Gasteiger partial charge in [0, 0.05) is 0 Å². The van der Waals surface area contributed by atoms with Crippen molar-refractivity contribution in [2.75, 3.05) is 7.05 Å². The molecule has 0 aliphatic carbocycles. The predicted molar refractivity (Wildman–Crippen MR) is 43.4 cm³/mol. The molecule has 1 amide bonds. The minimum atomic E-state index is -3.64. The van der Waals surface area contributed by atoms with Crippen molar-refractivity contribution in [3.63, 3.8) is 0 Å². The summed E-state index contributed by atoms with van der Waals surface area (Å²) in [5, 5.41) is -0.330. The normalized spacial score (nSPS) is 11.5. The molecule has 0 bridgehead atoms. The van der Waals surface area contributed by atoms with Crippen molar-refractivity contribution in [1.82, 2.24) is 14.7 Å². The van der Waals surface area contributed by atoms with Gasteiger partial charge in [0.05, 0.1) is 6.20 Å². The Hall–Kier alpha value is -1.41. The molecule has 13 heavy (non-hydrogen) atoms. The Morgan fingerprint density at radius 1 is 1.69 bits per heavy atom. The molecule has 0 saturated carbocycles. The minimum absolute atomic E-state index is 0.0474. The molecule has 0 spiro atoms. The fourth-order valence-electron chi connectivity index (χ4n) is 0.661. The number of rotatable bonds is 3. The SMILES string of the molecule is CNS(=O)(=O)c1ncc(C(N)=O)[nH]1. The highest BCUT2D eigenvalue weighted by molar-refractivity contribution is 7.89. The molecule has 0 unspecified atom stereocenters. The summed E-state index contributed by atoms with van der Waals surface area (Å²) in [6.45, 7) is 0. The number of primary amides is 1. The Kier molecular flexibility index (Phi) is 2.34. The van der Waals surface area contributed by atoms with Gasteiger partial charge in [0.15, 0.2) is 0 Å². The molecular weight excluding hydrogens is 196 g/mol. The topological polar surface area (TPSA) is 118 Å². The summed E-state index contributed by atoms with van der Waals surface area (Å²) in [4.78, 5) is 16.3. The number of hydrogen-bond acceptors (Lipinski definition) is 4. The maximum Gasteiger partial charge on any atom is 0.274 e. The molecule has 1 aromatic rings. The molecule has 1 rings (SSSR count). The number of carbonyl (C=O) groups excluding carboxylic acids is 1. The van der Waals surface area contributed by atoms with Gasteiger partial charge in [0.25, 0.3) is 15.9 Å². The van der Waals surface area contributed by atoms with Crippen molar-refractivity contribution in [3.8, 4) is 0 Å². The van der Waals surface area contributed by atoms with Crippen LogP contribution >= 0.6 is 0 Å². The molecule has 1 heterocycles. The van der Waals surface area contributed by atoms with Gasteiger partial charge in [-0.3, -0.25) is 4.79 Å². The number of nitrogens with two attached hydrogens (primary N) is 1. The van der Waals surface area contributed by atoms with E-state index in [0.717, 1.165) is 6.20 Å². The second-order valence-electron chi connectivity index (χ2n) is 2.17. The number of nitrogens with zero attached hydrogens (tertiary/aromatic N) is 1. The second kappa shape index (κ2) is 3.15. The largest absolute Gasteiger partial charge is 0.364 e. The van der Waals surface area contributed by atoms with Crippen LogP contribution in [0.5, 0.6) is 0 Å². The Bertz CT molecular complexity index is 421. The van der Waals surface area contributed by atoms with Gasteiger partial charge in [0.2, 0.25) is 5.16 Å². The number of H-pyrrole nitrogens is 1. The number of sulfonamides is 1. The van der Waals surface area contributed by atoms with Gasteiger partial charge in [-0.05, 0) is 7.05 Å². The first-order chi connectivity index (χ1) is 5.97. The Morgan fingerprint density at radius 3 is 2.69 bits per heavy atom. The molecule has 0 aromatic carbocycles. The maximum atomic E-state index is 11.1. The first kappa shape index (κ1) is 9.68. The molecule has 4 N–H and O–H groups in total. The van der Waals surface area contributed by atoms with E-state index in [4.69, 9.17) is 5.73 Å². The van der Waals surface area contributed by atoms with Crippen LogP contribution in [-0.4, -0.2) is 31.3 Å². The molecule has 0 aliphatic rings. The van der Waals surface area contributed by atoms with Crippen LogP contribution in [0.1, 0.15) is 10.5 Å². The number of nitrogens with one attached hydrogen (secondary N) is 2. The quantitative estimate of drug-likeness (QED) is 0.550. The van der Waals surface area contributed by atoms with E-state index in [1.165, 1.54) is 7.05 Å². The van der Waals surface area contributed by atoms with Crippen LogP contribution < -0.4 is 10.5 Å². The third kappa shape index (κ3) is 1.84. The van der Waals surface area contributed by atoms with E-state index in [9.17, 15) is 13.2 Å². The first-order valence-electron chi connectivity index (χ1n) is 3.25. The smallest absolute Gasteiger partial charge is 0.274 e. The van der Waals surface area contributed by atoms with Crippen molar-refractivity contribution in [1.29, 1.82) is 0 Å². The molecule has 8 heteroatoms. The van der Waals surface area contributed by atoms with Gasteiger partial charge < -0.3 is 10.7 Å². The van der Waals surface area contributed by atoms with E-state index in [1.807, 2.05) is 4.72 Å². The Balaban J connectivity index is 3.13. The monoisotopic (exact) mass is 204 g/mol. The predicted octanol–water partition coefficient (Wildman–Crippen LogP) is -1.58. The zero-order valence-electron chi connectivity index (χ0n) is 6.73. The molecule has 72 valence electrons. The molecular formula is C5H8N4O3S. The van der Waals surface area contributed by atoms with E-state index in [-0.39, 0.29) is 10.9 Å². The molecule has 0 saturated heterocycles.